The Labute approximate surface area is 183 Å². The Kier molecular flexibility index (Phi) is 5.70. The van der Waals surface area contributed by atoms with Gasteiger partial charge in [0.05, 0.1) is 18.6 Å². The van der Waals surface area contributed by atoms with E-state index in [1.807, 2.05) is 60.0 Å². The molecule has 1 fully saturated rings. The molecule has 0 aliphatic carbocycles. The van der Waals surface area contributed by atoms with Gasteiger partial charge in [-0.1, -0.05) is 23.7 Å². The largest absolute Gasteiger partial charge is 0.497 e. The number of ether oxygens (including phenoxy) is 1. The number of amides is 2. The van der Waals surface area contributed by atoms with Crippen LogP contribution in [0.25, 0.3) is 11.8 Å². The van der Waals surface area contributed by atoms with Gasteiger partial charge in [0.25, 0.3) is 11.1 Å². The molecule has 1 saturated heterocycles. The smallest absolute Gasteiger partial charge is 0.293 e. The molecular weight excluding hydrogens is 420 g/mol. The van der Waals surface area contributed by atoms with Crippen LogP contribution in [0.3, 0.4) is 0 Å². The Morgan fingerprint density at radius 1 is 1.00 bits per heavy atom. The lowest BCUT2D eigenvalue weighted by Crippen LogP contribution is -2.27. The molecule has 0 radical (unpaired) electrons. The molecule has 2 aromatic carbocycles. The van der Waals surface area contributed by atoms with Gasteiger partial charge in [-0.25, -0.2) is 0 Å². The lowest BCUT2D eigenvalue weighted by Gasteiger charge is -2.12. The average Bonchev–Trinajstić information content (AvgIpc) is 3.24. The number of nitrogens with zero attached hydrogens (tertiary/aromatic N) is 2. The number of methoxy groups -OCH3 is 1. The van der Waals surface area contributed by atoms with E-state index < -0.39 is 0 Å². The maximum Gasteiger partial charge on any atom is 0.293 e. The van der Waals surface area contributed by atoms with Crippen LogP contribution in [-0.2, 0) is 11.3 Å². The average molecular weight is 439 g/mol. The third kappa shape index (κ3) is 4.01. The second-order valence-corrected chi connectivity index (χ2v) is 8.26. The molecule has 1 aliphatic rings. The maximum atomic E-state index is 12.9. The Morgan fingerprint density at radius 2 is 1.70 bits per heavy atom. The third-order valence-corrected chi connectivity index (χ3v) is 6.00. The number of carbonyl (C=O) groups is 2. The van der Waals surface area contributed by atoms with Crippen molar-refractivity contribution in [3.05, 3.63) is 87.5 Å². The van der Waals surface area contributed by atoms with Crippen molar-refractivity contribution in [1.82, 2.24) is 9.47 Å². The van der Waals surface area contributed by atoms with Gasteiger partial charge in [0.2, 0.25) is 0 Å². The van der Waals surface area contributed by atoms with E-state index in [1.54, 1.807) is 25.3 Å². The number of carbonyl (C=O) groups excluding carboxylic acids is 2. The highest BCUT2D eigenvalue weighted by molar-refractivity contribution is 8.18. The van der Waals surface area contributed by atoms with E-state index in [1.165, 1.54) is 4.90 Å². The van der Waals surface area contributed by atoms with Gasteiger partial charge >= 0.3 is 0 Å². The van der Waals surface area contributed by atoms with Gasteiger partial charge in [-0.2, -0.15) is 0 Å². The number of halogens is 1. The summed E-state index contributed by atoms with van der Waals surface area (Å²) in [5.74, 6) is 0.480. The second-order valence-electron chi connectivity index (χ2n) is 6.83. The summed E-state index contributed by atoms with van der Waals surface area (Å²) in [5, 5.41) is 0.336. The van der Waals surface area contributed by atoms with Gasteiger partial charge in [-0.3, -0.25) is 14.5 Å². The molecule has 0 N–H and O–H groups in total. The molecule has 5 nitrogen and oxygen atoms in total. The summed E-state index contributed by atoms with van der Waals surface area (Å²) in [6, 6.07) is 18.7. The first-order chi connectivity index (χ1) is 14.5. The minimum atomic E-state index is -0.292. The Morgan fingerprint density at radius 3 is 2.37 bits per heavy atom. The SMILES string of the molecule is COc1ccc(-n2c(C)ccc2/C=C2\SC(=O)N(Cc3ccc(Cl)cc3)C2=O)cc1. The van der Waals surface area contributed by atoms with Crippen LogP contribution in [0.5, 0.6) is 5.75 Å². The van der Waals surface area contributed by atoms with Gasteiger partial charge in [0.1, 0.15) is 5.75 Å². The molecule has 2 heterocycles. The zero-order chi connectivity index (χ0) is 21.3. The fourth-order valence-electron chi connectivity index (χ4n) is 3.30. The summed E-state index contributed by atoms with van der Waals surface area (Å²) in [6.45, 7) is 2.21. The van der Waals surface area contributed by atoms with Crippen molar-refractivity contribution in [2.45, 2.75) is 13.5 Å². The van der Waals surface area contributed by atoms with Crippen LogP contribution in [-0.4, -0.2) is 27.7 Å². The summed E-state index contributed by atoms with van der Waals surface area (Å²) >= 11 is 6.87. The molecule has 3 aromatic rings. The van der Waals surface area contributed by atoms with Crippen molar-refractivity contribution in [3.8, 4) is 11.4 Å². The lowest BCUT2D eigenvalue weighted by molar-refractivity contribution is -0.123. The van der Waals surface area contributed by atoms with Gasteiger partial charge in [0.15, 0.2) is 0 Å². The summed E-state index contributed by atoms with van der Waals surface area (Å²) in [6.07, 6.45) is 1.77. The number of benzene rings is 2. The standard InChI is InChI=1S/C23H19ClN2O3S/c1-15-3-8-19(26(15)18-9-11-20(29-2)12-10-18)13-21-22(27)25(23(28)30-21)14-16-4-6-17(24)7-5-16/h3-13H,14H2,1-2H3/b21-13-. The predicted molar refractivity (Wildman–Crippen MR) is 120 cm³/mol. The molecule has 0 saturated carbocycles. The summed E-state index contributed by atoms with van der Waals surface area (Å²) in [5.41, 5.74) is 3.65. The van der Waals surface area contributed by atoms with Crippen molar-refractivity contribution >= 4 is 40.6 Å². The van der Waals surface area contributed by atoms with Crippen LogP contribution in [0.4, 0.5) is 4.79 Å². The topological polar surface area (TPSA) is 51.5 Å². The molecule has 2 amide bonds. The maximum absolute atomic E-state index is 12.9. The highest BCUT2D eigenvalue weighted by Gasteiger charge is 2.35. The molecule has 0 atom stereocenters. The van der Waals surface area contributed by atoms with E-state index in [4.69, 9.17) is 16.3 Å². The van der Waals surface area contributed by atoms with Gasteiger partial charge in [-0.05, 0) is 78.9 Å². The van der Waals surface area contributed by atoms with Crippen molar-refractivity contribution in [3.63, 3.8) is 0 Å². The summed E-state index contributed by atoms with van der Waals surface area (Å²) < 4.78 is 7.26. The molecule has 0 bridgehead atoms. The highest BCUT2D eigenvalue weighted by atomic mass is 35.5. The van der Waals surface area contributed by atoms with E-state index in [0.29, 0.717) is 9.93 Å². The molecule has 1 aliphatic heterocycles. The number of aromatic nitrogens is 1. The molecular formula is C23H19ClN2O3S. The minimum absolute atomic E-state index is 0.220. The first-order valence-electron chi connectivity index (χ1n) is 9.29. The normalized spacial score (nSPS) is 15.3. The van der Waals surface area contributed by atoms with Crippen LogP contribution in [0.15, 0.2) is 65.6 Å². The Balaban J connectivity index is 1.61. The zero-order valence-corrected chi connectivity index (χ0v) is 18.0. The number of hydrogen-bond acceptors (Lipinski definition) is 4. The first-order valence-corrected chi connectivity index (χ1v) is 10.5. The fraction of sp³-hybridized carbons (Fsp3) is 0.130. The van der Waals surface area contributed by atoms with E-state index in [9.17, 15) is 9.59 Å². The number of thioether (sulfide) groups is 1. The quantitative estimate of drug-likeness (QED) is 0.480. The number of rotatable bonds is 5. The molecule has 152 valence electrons. The molecule has 30 heavy (non-hydrogen) atoms. The number of aryl methyl sites for hydroxylation is 1. The van der Waals surface area contributed by atoms with Gasteiger partial charge in [-0.15, -0.1) is 0 Å². The monoisotopic (exact) mass is 438 g/mol. The van der Waals surface area contributed by atoms with Crippen LogP contribution in [0, 0.1) is 6.92 Å². The van der Waals surface area contributed by atoms with Gasteiger partial charge in [0, 0.05) is 22.1 Å². The van der Waals surface area contributed by atoms with E-state index in [2.05, 4.69) is 0 Å². The third-order valence-electron chi connectivity index (χ3n) is 4.84. The Hall–Kier alpha value is -2.96. The van der Waals surface area contributed by atoms with E-state index in [0.717, 1.165) is 40.2 Å². The fourth-order valence-corrected chi connectivity index (χ4v) is 4.25. The van der Waals surface area contributed by atoms with E-state index >= 15 is 0 Å². The second kappa shape index (κ2) is 8.42. The number of imide groups is 1. The summed E-state index contributed by atoms with van der Waals surface area (Å²) in [7, 11) is 1.63. The van der Waals surface area contributed by atoms with Crippen LogP contribution in [0.1, 0.15) is 17.0 Å². The first kappa shape index (κ1) is 20.3. The number of hydrogen-bond donors (Lipinski definition) is 0. The molecule has 1 aromatic heterocycles. The van der Waals surface area contributed by atoms with Gasteiger partial charge < -0.3 is 9.30 Å². The molecule has 7 heteroatoms. The van der Waals surface area contributed by atoms with Crippen molar-refractivity contribution in [2.24, 2.45) is 0 Å². The predicted octanol–water partition coefficient (Wildman–Crippen LogP) is 5.68. The molecule has 4 rings (SSSR count). The van der Waals surface area contributed by atoms with Crippen molar-refractivity contribution < 1.29 is 14.3 Å². The van der Waals surface area contributed by atoms with E-state index in [-0.39, 0.29) is 17.7 Å². The highest BCUT2D eigenvalue weighted by Crippen LogP contribution is 2.34. The van der Waals surface area contributed by atoms with Crippen molar-refractivity contribution in [2.75, 3.05) is 7.11 Å². The van der Waals surface area contributed by atoms with Crippen LogP contribution >= 0.6 is 23.4 Å². The zero-order valence-electron chi connectivity index (χ0n) is 16.5. The summed E-state index contributed by atoms with van der Waals surface area (Å²) in [4.78, 5) is 27.0. The molecule has 0 unspecified atom stereocenters. The Bertz CT molecular complexity index is 1130. The molecule has 0 spiro atoms. The van der Waals surface area contributed by atoms with Crippen LogP contribution in [0.2, 0.25) is 5.02 Å². The van der Waals surface area contributed by atoms with Crippen LogP contribution < -0.4 is 4.74 Å². The lowest BCUT2D eigenvalue weighted by atomic mass is 10.2. The van der Waals surface area contributed by atoms with Crippen molar-refractivity contribution in [1.29, 1.82) is 0 Å². The minimum Gasteiger partial charge on any atom is -0.497 e.